The first-order chi connectivity index (χ1) is 21.1. The maximum Gasteiger partial charge on any atom is 0.411 e. The molecule has 4 amide bonds. The van der Waals surface area contributed by atoms with Crippen molar-refractivity contribution < 1.29 is 23.9 Å². The van der Waals surface area contributed by atoms with Crippen LogP contribution < -0.4 is 32.7 Å². The van der Waals surface area contributed by atoms with E-state index in [2.05, 4.69) is 21.3 Å². The van der Waals surface area contributed by atoms with Gasteiger partial charge in [-0.25, -0.2) is 4.79 Å². The molecule has 8 N–H and O–H groups in total. The number of nitrogens with two attached hydrogens (primary N) is 2. The average Bonchev–Trinajstić information content (AvgIpc) is 3.01. The lowest BCUT2D eigenvalue weighted by Crippen LogP contribution is -2.55. The molecular formula is C33H42N6O5. The highest BCUT2D eigenvalue weighted by Gasteiger charge is 2.27. The molecule has 44 heavy (non-hydrogen) atoms. The van der Waals surface area contributed by atoms with Crippen molar-refractivity contribution in [3.63, 3.8) is 0 Å². The smallest absolute Gasteiger partial charge is 0.411 e. The molecule has 0 aromatic heterocycles. The van der Waals surface area contributed by atoms with Gasteiger partial charge < -0.3 is 32.2 Å². The zero-order valence-electron chi connectivity index (χ0n) is 25.2. The van der Waals surface area contributed by atoms with Gasteiger partial charge in [0.25, 0.3) is 0 Å². The zero-order valence-corrected chi connectivity index (χ0v) is 25.2. The van der Waals surface area contributed by atoms with Gasteiger partial charge >= 0.3 is 6.09 Å². The number of anilines is 2. The lowest BCUT2D eigenvalue weighted by Gasteiger charge is -2.24. The number of hydrogen-bond acceptors (Lipinski definition) is 7. The third-order valence-electron chi connectivity index (χ3n) is 6.80. The Morgan fingerprint density at radius 1 is 0.727 bits per heavy atom. The Kier molecular flexibility index (Phi) is 13.3. The van der Waals surface area contributed by atoms with Crippen LogP contribution in [-0.4, -0.2) is 48.5 Å². The summed E-state index contributed by atoms with van der Waals surface area (Å²) in [6.07, 6.45) is 1.31. The van der Waals surface area contributed by atoms with Crippen LogP contribution in [0.5, 0.6) is 0 Å². The quantitative estimate of drug-likeness (QED) is 0.144. The summed E-state index contributed by atoms with van der Waals surface area (Å²) in [6, 6.07) is 20.9. The van der Waals surface area contributed by atoms with Crippen LogP contribution in [0.15, 0.2) is 78.9 Å². The molecule has 0 aliphatic heterocycles. The third-order valence-corrected chi connectivity index (χ3v) is 6.80. The Labute approximate surface area is 258 Å². The predicted molar refractivity (Wildman–Crippen MR) is 171 cm³/mol. The molecule has 3 aromatic carbocycles. The van der Waals surface area contributed by atoms with Gasteiger partial charge in [0.05, 0.1) is 6.04 Å². The highest BCUT2D eigenvalue weighted by atomic mass is 16.5. The third kappa shape index (κ3) is 11.5. The fourth-order valence-electron chi connectivity index (χ4n) is 4.25. The largest absolute Gasteiger partial charge is 0.444 e. The molecule has 0 bridgehead atoms. The minimum absolute atomic E-state index is 0.0413. The van der Waals surface area contributed by atoms with Crippen LogP contribution in [0, 0.1) is 6.92 Å². The first-order valence-corrected chi connectivity index (χ1v) is 14.6. The molecule has 3 aromatic rings. The van der Waals surface area contributed by atoms with Gasteiger partial charge in [-0.3, -0.25) is 19.7 Å². The molecule has 0 heterocycles. The second-order valence-corrected chi connectivity index (χ2v) is 10.6. The molecule has 3 atom stereocenters. The second-order valence-electron chi connectivity index (χ2n) is 10.6. The molecule has 0 fully saturated rings. The first kappa shape index (κ1) is 33.8. The molecule has 0 saturated heterocycles. The van der Waals surface area contributed by atoms with Gasteiger partial charge in [0, 0.05) is 17.8 Å². The van der Waals surface area contributed by atoms with Crippen molar-refractivity contribution in [3.05, 3.63) is 95.6 Å². The van der Waals surface area contributed by atoms with Crippen molar-refractivity contribution >= 4 is 35.2 Å². The first-order valence-electron chi connectivity index (χ1n) is 14.6. The van der Waals surface area contributed by atoms with Crippen LogP contribution in [0.25, 0.3) is 0 Å². The van der Waals surface area contributed by atoms with Crippen LogP contribution >= 0.6 is 0 Å². The van der Waals surface area contributed by atoms with E-state index in [0.29, 0.717) is 37.2 Å². The van der Waals surface area contributed by atoms with Crippen molar-refractivity contribution in [3.8, 4) is 0 Å². The van der Waals surface area contributed by atoms with E-state index < -0.39 is 41.9 Å². The summed E-state index contributed by atoms with van der Waals surface area (Å²) in [6.45, 7) is 3.99. The van der Waals surface area contributed by atoms with Crippen LogP contribution in [0.2, 0.25) is 0 Å². The van der Waals surface area contributed by atoms with Gasteiger partial charge in [-0.1, -0.05) is 60.2 Å². The number of aryl methyl sites for hydroxylation is 1. The van der Waals surface area contributed by atoms with Gasteiger partial charge in [-0.2, -0.15) is 0 Å². The molecule has 11 heteroatoms. The maximum absolute atomic E-state index is 13.4. The van der Waals surface area contributed by atoms with Crippen molar-refractivity contribution in [2.24, 2.45) is 11.5 Å². The predicted octanol–water partition coefficient (Wildman–Crippen LogP) is 3.37. The average molecular weight is 603 g/mol. The Bertz CT molecular complexity index is 1360. The summed E-state index contributed by atoms with van der Waals surface area (Å²) in [5, 5.41) is 11.0. The monoisotopic (exact) mass is 602 g/mol. The summed E-state index contributed by atoms with van der Waals surface area (Å²) < 4.78 is 5.29. The molecule has 0 spiro atoms. The molecule has 0 unspecified atom stereocenters. The number of unbranched alkanes of at least 4 members (excludes halogenated alkanes) is 1. The fourth-order valence-corrected chi connectivity index (χ4v) is 4.25. The van der Waals surface area contributed by atoms with Gasteiger partial charge in [-0.15, -0.1) is 0 Å². The van der Waals surface area contributed by atoms with Crippen LogP contribution in [0.4, 0.5) is 16.2 Å². The van der Waals surface area contributed by atoms with E-state index in [4.69, 9.17) is 16.2 Å². The zero-order chi connectivity index (χ0) is 31.9. The number of carbonyl (C=O) groups excluding carboxylic acids is 4. The molecule has 3 rings (SSSR count). The normalized spacial score (nSPS) is 12.7. The molecule has 11 nitrogen and oxygen atoms in total. The number of rotatable bonds is 15. The highest BCUT2D eigenvalue weighted by molar-refractivity contribution is 5.98. The highest BCUT2D eigenvalue weighted by Crippen LogP contribution is 2.14. The number of benzene rings is 3. The van der Waals surface area contributed by atoms with Gasteiger partial charge in [-0.05, 0) is 75.0 Å². The Morgan fingerprint density at radius 2 is 1.34 bits per heavy atom. The molecular weight excluding hydrogens is 560 g/mol. The molecule has 0 aliphatic carbocycles. The number of hydrogen-bond donors (Lipinski definition) is 6. The number of nitrogens with one attached hydrogen (secondary N) is 4. The number of ether oxygens (including phenoxy) is 1. The molecule has 0 radical (unpaired) electrons. The lowest BCUT2D eigenvalue weighted by molar-refractivity contribution is -0.131. The van der Waals surface area contributed by atoms with E-state index in [1.807, 2.05) is 49.4 Å². The van der Waals surface area contributed by atoms with E-state index in [0.717, 1.165) is 16.7 Å². The van der Waals surface area contributed by atoms with Crippen LogP contribution in [-0.2, 0) is 32.1 Å². The second kappa shape index (κ2) is 17.4. The van der Waals surface area contributed by atoms with Gasteiger partial charge in [0.1, 0.15) is 18.7 Å². The molecule has 0 saturated carbocycles. The standard InChI is InChI=1S/C33H42N6O5/c1-22-11-15-27(16-12-22)37-33(43)44-21-25-13-17-26(18-14-25)36-31(41)28(10-6-7-19-34)38-32(42)29(39-30(40)23(2)35)20-24-8-4-3-5-9-24/h3-5,8-9,11-18,23,28-29H,6-7,10,19-21,34-35H2,1-2H3,(H,36,41)(H,37,43)(H,38,42)(H,39,40)/t23-,28-,29+/m1/s1. The molecule has 234 valence electrons. The van der Waals surface area contributed by atoms with Crippen molar-refractivity contribution in [1.29, 1.82) is 0 Å². The Morgan fingerprint density at radius 3 is 1.98 bits per heavy atom. The maximum atomic E-state index is 13.4. The summed E-state index contributed by atoms with van der Waals surface area (Å²) >= 11 is 0. The van der Waals surface area contributed by atoms with Gasteiger partial charge in [0.2, 0.25) is 17.7 Å². The van der Waals surface area contributed by atoms with Crippen molar-refractivity contribution in [2.75, 3.05) is 17.2 Å². The van der Waals surface area contributed by atoms with Gasteiger partial charge in [0.15, 0.2) is 0 Å². The summed E-state index contributed by atoms with van der Waals surface area (Å²) in [5.74, 6) is -1.37. The van der Waals surface area contributed by atoms with Crippen molar-refractivity contribution in [2.45, 2.75) is 64.3 Å². The topological polar surface area (TPSA) is 178 Å². The van der Waals surface area contributed by atoms with Crippen LogP contribution in [0.3, 0.4) is 0 Å². The van der Waals surface area contributed by atoms with E-state index in [1.54, 1.807) is 36.4 Å². The Hall–Kier alpha value is -4.74. The van der Waals surface area contributed by atoms with Crippen LogP contribution in [0.1, 0.15) is 42.9 Å². The number of amides is 4. The minimum Gasteiger partial charge on any atom is -0.444 e. The summed E-state index contributed by atoms with van der Waals surface area (Å²) in [4.78, 5) is 51.2. The fraction of sp³-hybridized carbons (Fsp3) is 0.333. The SMILES string of the molecule is Cc1ccc(NC(=O)OCc2ccc(NC(=O)[C@@H](CCCCN)NC(=O)[C@H](Cc3ccccc3)NC(=O)[C@@H](C)N)cc2)cc1. The van der Waals surface area contributed by atoms with E-state index in [1.165, 1.54) is 6.92 Å². The summed E-state index contributed by atoms with van der Waals surface area (Å²) in [7, 11) is 0. The van der Waals surface area contributed by atoms with E-state index >= 15 is 0 Å². The summed E-state index contributed by atoms with van der Waals surface area (Å²) in [5.41, 5.74) is 15.2. The minimum atomic E-state index is -0.928. The lowest BCUT2D eigenvalue weighted by atomic mass is 10.0. The Balaban J connectivity index is 1.61. The van der Waals surface area contributed by atoms with E-state index in [9.17, 15) is 19.2 Å². The molecule has 0 aliphatic rings. The van der Waals surface area contributed by atoms with E-state index in [-0.39, 0.29) is 13.0 Å². The van der Waals surface area contributed by atoms with Crippen molar-refractivity contribution in [1.82, 2.24) is 10.6 Å². The number of carbonyl (C=O) groups is 4.